The number of aromatic nitrogens is 5. The van der Waals surface area contributed by atoms with Gasteiger partial charge in [-0.3, -0.25) is 9.48 Å². The molecule has 1 saturated heterocycles. The molecule has 1 fully saturated rings. The van der Waals surface area contributed by atoms with E-state index >= 15 is 0 Å². The van der Waals surface area contributed by atoms with E-state index in [0.717, 1.165) is 31.6 Å². The molecular formula is C15H22N6O. The summed E-state index contributed by atoms with van der Waals surface area (Å²) >= 11 is 0. The third-order valence-corrected chi connectivity index (χ3v) is 4.28. The van der Waals surface area contributed by atoms with Gasteiger partial charge in [0.05, 0.1) is 17.9 Å². The van der Waals surface area contributed by atoms with Crippen molar-refractivity contribution in [2.24, 2.45) is 7.05 Å². The lowest BCUT2D eigenvalue weighted by Gasteiger charge is -2.31. The van der Waals surface area contributed by atoms with Gasteiger partial charge >= 0.3 is 0 Å². The number of amides is 1. The van der Waals surface area contributed by atoms with Crippen LogP contribution in [0.2, 0.25) is 0 Å². The predicted molar refractivity (Wildman–Crippen MR) is 81.5 cm³/mol. The summed E-state index contributed by atoms with van der Waals surface area (Å²) in [5.74, 6) is 0.393. The lowest BCUT2D eigenvalue weighted by atomic mass is 10.0. The Morgan fingerprint density at radius 2 is 2.05 bits per heavy atom. The Kier molecular flexibility index (Phi) is 3.96. The molecule has 0 atom stereocenters. The molecule has 0 aromatic carbocycles. The highest BCUT2D eigenvalue weighted by atomic mass is 16.2. The van der Waals surface area contributed by atoms with Crippen molar-refractivity contribution in [1.29, 1.82) is 0 Å². The number of hydrogen-bond donors (Lipinski definition) is 0. The van der Waals surface area contributed by atoms with Crippen molar-refractivity contribution in [1.82, 2.24) is 29.7 Å². The van der Waals surface area contributed by atoms with Crippen molar-refractivity contribution in [2.75, 3.05) is 13.1 Å². The molecule has 3 heterocycles. The van der Waals surface area contributed by atoms with E-state index in [1.54, 1.807) is 10.9 Å². The van der Waals surface area contributed by atoms with Gasteiger partial charge in [-0.05, 0) is 24.8 Å². The minimum atomic E-state index is 0.0685. The molecule has 1 amide bonds. The number of hydrogen-bond acceptors (Lipinski definition) is 4. The lowest BCUT2D eigenvalue weighted by Crippen LogP contribution is -2.39. The fourth-order valence-electron chi connectivity index (χ4n) is 2.88. The van der Waals surface area contributed by atoms with Crippen LogP contribution in [0.1, 0.15) is 54.8 Å². The van der Waals surface area contributed by atoms with Crippen molar-refractivity contribution in [3.8, 4) is 0 Å². The molecular weight excluding hydrogens is 280 g/mol. The molecule has 3 rings (SSSR count). The van der Waals surface area contributed by atoms with Crippen molar-refractivity contribution in [3.63, 3.8) is 0 Å². The van der Waals surface area contributed by atoms with Gasteiger partial charge in [0.25, 0.3) is 5.91 Å². The highest BCUT2D eigenvalue weighted by molar-refractivity contribution is 5.92. The molecule has 7 heteroatoms. The first kappa shape index (κ1) is 14.7. The number of likely N-dealkylation sites (tertiary alicyclic amines) is 1. The normalized spacial score (nSPS) is 16.5. The summed E-state index contributed by atoms with van der Waals surface area (Å²) in [7, 11) is 1.83. The van der Waals surface area contributed by atoms with E-state index in [-0.39, 0.29) is 5.91 Å². The largest absolute Gasteiger partial charge is 0.337 e. The van der Waals surface area contributed by atoms with Crippen LogP contribution in [0.3, 0.4) is 0 Å². The van der Waals surface area contributed by atoms with Crippen LogP contribution in [-0.2, 0) is 7.05 Å². The molecule has 118 valence electrons. The molecule has 2 aromatic heterocycles. The Morgan fingerprint density at radius 1 is 1.32 bits per heavy atom. The van der Waals surface area contributed by atoms with Gasteiger partial charge in [0, 0.05) is 26.3 Å². The van der Waals surface area contributed by atoms with Crippen LogP contribution in [0, 0.1) is 0 Å². The second kappa shape index (κ2) is 5.90. The molecule has 0 aliphatic carbocycles. The molecule has 0 bridgehead atoms. The Bertz CT molecular complexity index is 637. The minimum Gasteiger partial charge on any atom is -0.337 e. The van der Waals surface area contributed by atoms with Gasteiger partial charge in [0.1, 0.15) is 5.69 Å². The van der Waals surface area contributed by atoms with E-state index < -0.39 is 0 Å². The zero-order valence-corrected chi connectivity index (χ0v) is 13.3. The number of aryl methyl sites for hydroxylation is 1. The molecule has 2 aromatic rings. The van der Waals surface area contributed by atoms with E-state index in [2.05, 4.69) is 29.3 Å². The van der Waals surface area contributed by atoms with Crippen molar-refractivity contribution >= 4 is 5.91 Å². The van der Waals surface area contributed by atoms with Crippen LogP contribution < -0.4 is 0 Å². The Labute approximate surface area is 129 Å². The maximum atomic E-state index is 12.7. The van der Waals surface area contributed by atoms with Crippen molar-refractivity contribution in [3.05, 3.63) is 29.8 Å². The molecule has 1 aliphatic heterocycles. The van der Waals surface area contributed by atoms with Gasteiger partial charge in [-0.2, -0.15) is 5.10 Å². The van der Waals surface area contributed by atoms with Crippen LogP contribution in [-0.4, -0.2) is 48.7 Å². The average molecular weight is 302 g/mol. The summed E-state index contributed by atoms with van der Waals surface area (Å²) in [4.78, 5) is 14.6. The van der Waals surface area contributed by atoms with Crippen molar-refractivity contribution < 1.29 is 4.79 Å². The second-order valence-corrected chi connectivity index (χ2v) is 6.14. The van der Waals surface area contributed by atoms with Gasteiger partial charge in [0.15, 0.2) is 0 Å². The molecule has 22 heavy (non-hydrogen) atoms. The summed E-state index contributed by atoms with van der Waals surface area (Å²) in [6, 6.07) is 2.25. The first-order chi connectivity index (χ1) is 10.6. The standard InChI is InChI=1S/C15H22N6O/c1-11(2)13-10-14(19(3)17-13)15(22)20-7-4-12(5-8-20)21-9-6-16-18-21/h6,9-12H,4-5,7-8H2,1-3H3. The molecule has 0 spiro atoms. The zero-order chi connectivity index (χ0) is 15.7. The fourth-order valence-corrected chi connectivity index (χ4v) is 2.88. The van der Waals surface area contributed by atoms with Gasteiger partial charge in [-0.1, -0.05) is 19.1 Å². The molecule has 0 radical (unpaired) electrons. The third kappa shape index (κ3) is 2.75. The van der Waals surface area contributed by atoms with Crippen LogP contribution >= 0.6 is 0 Å². The average Bonchev–Trinajstić information content (AvgIpc) is 3.16. The fraction of sp³-hybridized carbons (Fsp3) is 0.600. The molecule has 1 aliphatic rings. The summed E-state index contributed by atoms with van der Waals surface area (Å²) in [6.45, 7) is 5.65. The minimum absolute atomic E-state index is 0.0685. The van der Waals surface area contributed by atoms with Gasteiger partial charge in [0.2, 0.25) is 0 Å². The number of carbonyl (C=O) groups excluding carboxylic acids is 1. The van der Waals surface area contributed by atoms with Crippen LogP contribution in [0.15, 0.2) is 18.5 Å². The highest BCUT2D eigenvalue weighted by Gasteiger charge is 2.27. The smallest absolute Gasteiger partial charge is 0.272 e. The van der Waals surface area contributed by atoms with E-state index in [4.69, 9.17) is 0 Å². The number of piperidine rings is 1. The maximum absolute atomic E-state index is 12.7. The molecule has 7 nitrogen and oxygen atoms in total. The summed E-state index contributed by atoms with van der Waals surface area (Å²) in [5, 5.41) is 12.3. The number of nitrogens with zero attached hydrogens (tertiary/aromatic N) is 6. The first-order valence-corrected chi connectivity index (χ1v) is 7.75. The Balaban J connectivity index is 1.67. The van der Waals surface area contributed by atoms with Gasteiger partial charge < -0.3 is 4.90 Å². The SMILES string of the molecule is CC(C)c1cc(C(=O)N2CCC(n3ccnn3)CC2)n(C)n1. The molecule has 0 unspecified atom stereocenters. The number of rotatable bonds is 3. The maximum Gasteiger partial charge on any atom is 0.272 e. The van der Waals surface area contributed by atoms with Crippen LogP contribution in [0.5, 0.6) is 0 Å². The molecule has 0 N–H and O–H groups in total. The van der Waals surface area contributed by atoms with Crippen molar-refractivity contribution in [2.45, 2.75) is 38.6 Å². The van der Waals surface area contributed by atoms with E-state index in [1.165, 1.54) is 0 Å². The number of carbonyl (C=O) groups is 1. The Morgan fingerprint density at radius 3 is 2.59 bits per heavy atom. The van der Waals surface area contributed by atoms with Gasteiger partial charge in [-0.15, -0.1) is 5.10 Å². The van der Waals surface area contributed by atoms with Crippen LogP contribution in [0.4, 0.5) is 0 Å². The Hall–Kier alpha value is -2.18. The zero-order valence-electron chi connectivity index (χ0n) is 13.3. The summed E-state index contributed by atoms with van der Waals surface area (Å²) in [5.41, 5.74) is 1.63. The topological polar surface area (TPSA) is 68.8 Å². The predicted octanol–water partition coefficient (Wildman–Crippen LogP) is 1.61. The quantitative estimate of drug-likeness (QED) is 0.864. The third-order valence-electron chi connectivity index (χ3n) is 4.28. The van der Waals surface area contributed by atoms with E-state index in [0.29, 0.717) is 17.7 Å². The van der Waals surface area contributed by atoms with Crippen LogP contribution in [0.25, 0.3) is 0 Å². The second-order valence-electron chi connectivity index (χ2n) is 6.14. The molecule has 0 saturated carbocycles. The van der Waals surface area contributed by atoms with E-state index in [1.807, 2.05) is 28.9 Å². The summed E-state index contributed by atoms with van der Waals surface area (Å²) in [6.07, 6.45) is 5.40. The van der Waals surface area contributed by atoms with E-state index in [9.17, 15) is 4.79 Å². The first-order valence-electron chi connectivity index (χ1n) is 7.75. The lowest BCUT2D eigenvalue weighted by molar-refractivity contribution is 0.0678. The summed E-state index contributed by atoms with van der Waals surface area (Å²) < 4.78 is 3.59. The van der Waals surface area contributed by atoms with Gasteiger partial charge in [-0.25, -0.2) is 4.68 Å². The monoisotopic (exact) mass is 302 g/mol. The highest BCUT2D eigenvalue weighted by Crippen LogP contribution is 2.23.